The summed E-state index contributed by atoms with van der Waals surface area (Å²) in [6.07, 6.45) is 1.99. The van der Waals surface area contributed by atoms with Gasteiger partial charge in [0, 0.05) is 12.6 Å². The van der Waals surface area contributed by atoms with Crippen LogP contribution < -0.4 is 11.1 Å². The molecule has 1 aromatic heterocycles. The first-order chi connectivity index (χ1) is 6.95. The van der Waals surface area contributed by atoms with E-state index in [1.54, 1.807) is 25.4 Å². The van der Waals surface area contributed by atoms with E-state index < -0.39 is 5.54 Å². The first-order valence-corrected chi connectivity index (χ1v) is 4.88. The Morgan fingerprint density at radius 3 is 2.80 bits per heavy atom. The summed E-state index contributed by atoms with van der Waals surface area (Å²) in [5, 5.41) is 2.98. The molecule has 4 heteroatoms. The van der Waals surface area contributed by atoms with Gasteiger partial charge in [0.25, 0.3) is 0 Å². The number of aromatic nitrogens is 1. The number of carbonyl (C=O) groups excluding carboxylic acids is 1. The molecule has 0 aliphatic heterocycles. The van der Waals surface area contributed by atoms with Crippen molar-refractivity contribution in [1.82, 2.24) is 10.3 Å². The highest BCUT2D eigenvalue weighted by atomic mass is 16.1. The summed E-state index contributed by atoms with van der Waals surface area (Å²) in [6.45, 7) is 3.72. The third-order valence-electron chi connectivity index (χ3n) is 2.53. The highest BCUT2D eigenvalue weighted by molar-refractivity contribution is 5.89. The molecule has 3 N–H and O–H groups in total. The molecule has 1 aromatic rings. The van der Waals surface area contributed by atoms with Crippen LogP contribution in [-0.4, -0.2) is 23.4 Å². The molecule has 4 nitrogen and oxygen atoms in total. The summed E-state index contributed by atoms with van der Waals surface area (Å²) in [7, 11) is 1.78. The number of nitrogens with zero attached hydrogens (tertiary/aromatic N) is 1. The summed E-state index contributed by atoms with van der Waals surface area (Å²) < 4.78 is 0. The molecule has 0 spiro atoms. The lowest BCUT2D eigenvalue weighted by Gasteiger charge is -2.22. The molecule has 0 aliphatic rings. The van der Waals surface area contributed by atoms with Gasteiger partial charge in [-0.05, 0) is 38.6 Å². The van der Waals surface area contributed by atoms with E-state index in [1.165, 1.54) is 0 Å². The minimum Gasteiger partial charge on any atom is -0.384 e. The average Bonchev–Trinajstić information content (AvgIpc) is 2.17. The molecule has 0 fully saturated rings. The van der Waals surface area contributed by atoms with Crippen LogP contribution in [-0.2, 0) is 11.2 Å². The van der Waals surface area contributed by atoms with Crippen LogP contribution >= 0.6 is 0 Å². The SMILES string of the molecule is CNC(C)(C)C(=O)Cc1ccnc(N)c1. The number of ketones is 1. The molecule has 1 heterocycles. The molecule has 0 aliphatic carbocycles. The highest BCUT2D eigenvalue weighted by Gasteiger charge is 2.24. The van der Waals surface area contributed by atoms with Gasteiger partial charge in [0.05, 0.1) is 5.54 Å². The predicted octanol–water partition coefficient (Wildman–Crippen LogP) is 0.773. The fourth-order valence-electron chi connectivity index (χ4n) is 1.15. The number of nitrogen functional groups attached to an aromatic ring is 1. The molecular weight excluding hydrogens is 190 g/mol. The Bertz CT molecular complexity index is 361. The van der Waals surface area contributed by atoms with Crippen molar-refractivity contribution in [3.05, 3.63) is 23.9 Å². The molecule has 0 saturated carbocycles. The number of carbonyl (C=O) groups is 1. The van der Waals surface area contributed by atoms with Crippen molar-refractivity contribution in [3.8, 4) is 0 Å². The number of nitrogens with two attached hydrogens (primary N) is 1. The molecule has 0 radical (unpaired) electrons. The monoisotopic (exact) mass is 207 g/mol. The van der Waals surface area contributed by atoms with E-state index in [4.69, 9.17) is 5.73 Å². The maximum atomic E-state index is 11.9. The fraction of sp³-hybridized carbons (Fsp3) is 0.455. The third kappa shape index (κ3) is 3.02. The molecular formula is C11H17N3O. The lowest BCUT2D eigenvalue weighted by atomic mass is 9.94. The number of anilines is 1. The number of hydrogen-bond acceptors (Lipinski definition) is 4. The standard InChI is InChI=1S/C11H17N3O/c1-11(2,13-3)9(15)6-8-4-5-14-10(12)7-8/h4-5,7,13H,6H2,1-3H3,(H2,12,14). The zero-order chi connectivity index (χ0) is 11.5. The largest absolute Gasteiger partial charge is 0.384 e. The topological polar surface area (TPSA) is 68.0 Å². The second-order valence-electron chi connectivity index (χ2n) is 4.06. The van der Waals surface area contributed by atoms with Crippen LogP contribution in [0.1, 0.15) is 19.4 Å². The van der Waals surface area contributed by atoms with Crippen molar-refractivity contribution in [1.29, 1.82) is 0 Å². The van der Waals surface area contributed by atoms with Gasteiger partial charge in [0.1, 0.15) is 5.82 Å². The summed E-state index contributed by atoms with van der Waals surface area (Å²) in [4.78, 5) is 15.7. The van der Waals surface area contributed by atoms with Gasteiger partial charge < -0.3 is 11.1 Å². The second-order valence-corrected chi connectivity index (χ2v) is 4.06. The van der Waals surface area contributed by atoms with Gasteiger partial charge in [-0.3, -0.25) is 4.79 Å². The van der Waals surface area contributed by atoms with Crippen LogP contribution in [0.2, 0.25) is 0 Å². The number of Topliss-reactive ketones (excluding diaryl/α,β-unsaturated/α-hetero) is 1. The summed E-state index contributed by atoms with van der Waals surface area (Å²) >= 11 is 0. The molecule has 82 valence electrons. The van der Waals surface area contributed by atoms with E-state index in [0.717, 1.165) is 5.56 Å². The smallest absolute Gasteiger partial charge is 0.156 e. The van der Waals surface area contributed by atoms with Crippen molar-refractivity contribution in [2.24, 2.45) is 0 Å². The Hall–Kier alpha value is -1.42. The normalized spacial score (nSPS) is 11.4. The zero-order valence-corrected chi connectivity index (χ0v) is 9.37. The van der Waals surface area contributed by atoms with Crippen molar-refractivity contribution < 1.29 is 4.79 Å². The van der Waals surface area contributed by atoms with Crippen LogP contribution in [0.4, 0.5) is 5.82 Å². The van der Waals surface area contributed by atoms with E-state index >= 15 is 0 Å². The maximum absolute atomic E-state index is 11.9. The second kappa shape index (κ2) is 4.40. The van der Waals surface area contributed by atoms with E-state index in [2.05, 4.69) is 10.3 Å². The van der Waals surface area contributed by atoms with Gasteiger partial charge in [-0.25, -0.2) is 4.98 Å². The number of rotatable bonds is 4. The Labute approximate surface area is 89.9 Å². The minimum absolute atomic E-state index is 0.135. The van der Waals surface area contributed by atoms with E-state index in [0.29, 0.717) is 12.2 Å². The van der Waals surface area contributed by atoms with E-state index in [9.17, 15) is 4.79 Å². The van der Waals surface area contributed by atoms with Crippen LogP contribution in [0.15, 0.2) is 18.3 Å². The number of pyridine rings is 1. The first kappa shape index (κ1) is 11.7. The fourth-order valence-corrected chi connectivity index (χ4v) is 1.15. The van der Waals surface area contributed by atoms with Gasteiger partial charge in [-0.15, -0.1) is 0 Å². The Morgan fingerprint density at radius 1 is 1.60 bits per heavy atom. The van der Waals surface area contributed by atoms with Gasteiger partial charge in [0.2, 0.25) is 0 Å². The van der Waals surface area contributed by atoms with Gasteiger partial charge in [-0.1, -0.05) is 0 Å². The number of hydrogen-bond donors (Lipinski definition) is 2. The Morgan fingerprint density at radius 2 is 2.27 bits per heavy atom. The molecule has 0 amide bonds. The van der Waals surface area contributed by atoms with Crippen LogP contribution in [0.5, 0.6) is 0 Å². The first-order valence-electron chi connectivity index (χ1n) is 4.88. The molecule has 0 saturated heterocycles. The molecule has 1 rings (SSSR count). The van der Waals surface area contributed by atoms with Gasteiger partial charge in [0.15, 0.2) is 5.78 Å². The molecule has 0 bridgehead atoms. The number of nitrogens with one attached hydrogen (secondary N) is 1. The number of likely N-dealkylation sites (N-methyl/N-ethyl adjacent to an activating group) is 1. The molecule has 15 heavy (non-hydrogen) atoms. The van der Waals surface area contributed by atoms with Gasteiger partial charge in [-0.2, -0.15) is 0 Å². The quantitative estimate of drug-likeness (QED) is 0.765. The molecule has 0 atom stereocenters. The van der Waals surface area contributed by atoms with Crippen LogP contribution in [0.3, 0.4) is 0 Å². The third-order valence-corrected chi connectivity index (χ3v) is 2.53. The van der Waals surface area contributed by atoms with Crippen molar-refractivity contribution in [2.45, 2.75) is 25.8 Å². The van der Waals surface area contributed by atoms with E-state index in [-0.39, 0.29) is 5.78 Å². The molecule has 0 unspecified atom stereocenters. The van der Waals surface area contributed by atoms with Gasteiger partial charge >= 0.3 is 0 Å². The summed E-state index contributed by atoms with van der Waals surface area (Å²) in [5.74, 6) is 0.582. The maximum Gasteiger partial charge on any atom is 0.156 e. The lowest BCUT2D eigenvalue weighted by Crippen LogP contribution is -2.45. The Balaban J connectivity index is 2.75. The highest BCUT2D eigenvalue weighted by Crippen LogP contribution is 2.10. The van der Waals surface area contributed by atoms with Crippen LogP contribution in [0.25, 0.3) is 0 Å². The van der Waals surface area contributed by atoms with Crippen molar-refractivity contribution >= 4 is 11.6 Å². The van der Waals surface area contributed by atoms with Crippen LogP contribution in [0, 0.1) is 0 Å². The summed E-state index contributed by atoms with van der Waals surface area (Å²) in [5.41, 5.74) is 5.93. The van der Waals surface area contributed by atoms with Crippen molar-refractivity contribution in [3.63, 3.8) is 0 Å². The molecule has 0 aromatic carbocycles. The van der Waals surface area contributed by atoms with E-state index in [1.807, 2.05) is 13.8 Å². The lowest BCUT2D eigenvalue weighted by molar-refractivity contribution is -0.123. The average molecular weight is 207 g/mol. The minimum atomic E-state index is -0.502. The predicted molar refractivity (Wildman–Crippen MR) is 60.5 cm³/mol. The van der Waals surface area contributed by atoms with Crippen molar-refractivity contribution in [2.75, 3.05) is 12.8 Å². The zero-order valence-electron chi connectivity index (χ0n) is 9.37. The summed E-state index contributed by atoms with van der Waals surface area (Å²) in [6, 6.07) is 3.53. The Kier molecular flexibility index (Phi) is 3.42.